The highest BCUT2D eigenvalue weighted by atomic mass is 79.9. The Labute approximate surface area is 117 Å². The van der Waals surface area contributed by atoms with Crippen LogP contribution in [0.15, 0.2) is 21.5 Å². The monoisotopic (exact) mass is 352 g/mol. The largest absolute Gasteiger partial charge is 0.316 e. The summed E-state index contributed by atoms with van der Waals surface area (Å²) < 4.78 is 53.3. The van der Waals surface area contributed by atoms with Gasteiger partial charge in [0, 0.05) is 16.6 Å². The summed E-state index contributed by atoms with van der Waals surface area (Å²) in [6, 6.07) is 1.35. The summed E-state index contributed by atoms with van der Waals surface area (Å²) in [7, 11) is -3.98. The smallest absolute Gasteiger partial charge is 0.244 e. The zero-order valence-corrected chi connectivity index (χ0v) is 12.1. The molecule has 8 heteroatoms. The predicted molar refractivity (Wildman–Crippen MR) is 68.0 cm³/mol. The second kappa shape index (κ2) is 4.47. The van der Waals surface area contributed by atoms with Crippen LogP contribution in [0.4, 0.5) is 8.78 Å². The molecule has 4 nitrogen and oxygen atoms in total. The van der Waals surface area contributed by atoms with E-state index < -0.39 is 26.6 Å². The van der Waals surface area contributed by atoms with Gasteiger partial charge in [-0.25, -0.2) is 21.9 Å². The molecule has 2 unspecified atom stereocenters. The normalized spacial score (nSPS) is 29.3. The highest BCUT2D eigenvalue weighted by Crippen LogP contribution is 2.42. The van der Waals surface area contributed by atoms with Crippen LogP contribution in [0.5, 0.6) is 0 Å². The summed E-state index contributed by atoms with van der Waals surface area (Å²) in [6.45, 7) is 1.54. The highest BCUT2D eigenvalue weighted by molar-refractivity contribution is 9.10. The minimum absolute atomic E-state index is 0.110. The lowest BCUT2D eigenvalue weighted by Gasteiger charge is -2.11. The first-order valence-corrected chi connectivity index (χ1v) is 8.05. The molecule has 0 bridgehead atoms. The number of halogens is 3. The topological polar surface area (TPSA) is 58.2 Å². The van der Waals surface area contributed by atoms with Gasteiger partial charge in [-0.3, -0.25) is 0 Å². The van der Waals surface area contributed by atoms with Crippen LogP contribution in [0.25, 0.3) is 0 Å². The standard InChI is InChI=1S/C11H11BrF2N2O2S/c12-8-1-5(13)2-9(14)11(8)19(17,18)16-10-6-3-15-4-7(6)10/h1-2,6-7,10,15-16H,3-4H2. The third-order valence-corrected chi connectivity index (χ3v) is 6.04. The van der Waals surface area contributed by atoms with Crippen LogP contribution < -0.4 is 10.0 Å². The molecule has 1 saturated carbocycles. The van der Waals surface area contributed by atoms with Crippen molar-refractivity contribution in [1.29, 1.82) is 0 Å². The van der Waals surface area contributed by atoms with Crippen molar-refractivity contribution in [2.75, 3.05) is 13.1 Å². The lowest BCUT2D eigenvalue weighted by molar-refractivity contribution is 0.534. The Morgan fingerprint density at radius 1 is 1.26 bits per heavy atom. The molecule has 0 amide bonds. The van der Waals surface area contributed by atoms with E-state index in [1.54, 1.807) is 0 Å². The van der Waals surface area contributed by atoms with Crippen molar-refractivity contribution in [3.63, 3.8) is 0 Å². The Bertz CT molecular complexity index is 605. The maximum atomic E-state index is 13.7. The average Bonchev–Trinajstić information content (AvgIpc) is 2.71. The molecule has 2 N–H and O–H groups in total. The Balaban J connectivity index is 1.88. The lowest BCUT2D eigenvalue weighted by atomic mass is 10.3. The third kappa shape index (κ3) is 2.31. The second-order valence-corrected chi connectivity index (χ2v) is 7.34. The zero-order valence-electron chi connectivity index (χ0n) is 9.66. The Morgan fingerprint density at radius 3 is 2.47 bits per heavy atom. The second-order valence-electron chi connectivity index (χ2n) is 4.83. The average molecular weight is 353 g/mol. The molecule has 2 fully saturated rings. The molecule has 1 heterocycles. The van der Waals surface area contributed by atoms with Crippen molar-refractivity contribution in [1.82, 2.24) is 10.0 Å². The van der Waals surface area contributed by atoms with Crippen molar-refractivity contribution in [3.05, 3.63) is 28.2 Å². The number of hydrogen-bond donors (Lipinski definition) is 2. The summed E-state index contributed by atoms with van der Waals surface area (Å²) in [5.74, 6) is -1.37. The predicted octanol–water partition coefficient (Wildman–Crippen LogP) is 1.22. The molecule has 0 aromatic heterocycles. The van der Waals surface area contributed by atoms with Gasteiger partial charge < -0.3 is 5.32 Å². The van der Waals surface area contributed by atoms with E-state index in [1.165, 1.54) is 0 Å². The Morgan fingerprint density at radius 2 is 1.89 bits per heavy atom. The van der Waals surface area contributed by atoms with E-state index in [-0.39, 0.29) is 22.4 Å². The molecule has 1 aliphatic heterocycles. The van der Waals surface area contributed by atoms with Gasteiger partial charge in [0.05, 0.1) is 0 Å². The molecule has 2 aliphatic rings. The zero-order chi connectivity index (χ0) is 13.8. The van der Waals surface area contributed by atoms with Gasteiger partial charge in [0.15, 0.2) is 0 Å². The van der Waals surface area contributed by atoms with Gasteiger partial charge in [0.1, 0.15) is 16.5 Å². The van der Waals surface area contributed by atoms with Crippen molar-refractivity contribution in [2.45, 2.75) is 10.9 Å². The minimum Gasteiger partial charge on any atom is -0.316 e. The fraction of sp³-hybridized carbons (Fsp3) is 0.455. The van der Waals surface area contributed by atoms with Gasteiger partial charge in [0.25, 0.3) is 0 Å². The van der Waals surface area contributed by atoms with Gasteiger partial charge in [-0.15, -0.1) is 0 Å². The number of rotatable bonds is 3. The molecular formula is C11H11BrF2N2O2S. The number of benzene rings is 1. The van der Waals surface area contributed by atoms with Crippen molar-refractivity contribution < 1.29 is 17.2 Å². The fourth-order valence-corrected chi connectivity index (χ4v) is 5.12. The van der Waals surface area contributed by atoms with Gasteiger partial charge in [-0.05, 0) is 46.9 Å². The van der Waals surface area contributed by atoms with Crippen LogP contribution >= 0.6 is 15.9 Å². The molecule has 1 aromatic rings. The summed E-state index contributed by atoms with van der Waals surface area (Å²) >= 11 is 2.89. The maximum absolute atomic E-state index is 13.7. The molecule has 2 atom stereocenters. The lowest BCUT2D eigenvalue weighted by Crippen LogP contribution is -2.33. The first-order valence-electron chi connectivity index (χ1n) is 5.78. The summed E-state index contributed by atoms with van der Waals surface area (Å²) in [5.41, 5.74) is 0. The molecule has 0 radical (unpaired) electrons. The van der Waals surface area contributed by atoms with Crippen LogP contribution in [-0.2, 0) is 10.0 Å². The third-order valence-electron chi connectivity index (χ3n) is 3.61. The van der Waals surface area contributed by atoms with Crippen molar-refractivity contribution in [2.24, 2.45) is 11.8 Å². The van der Waals surface area contributed by atoms with Gasteiger partial charge in [-0.1, -0.05) is 0 Å². The molecule has 1 aromatic carbocycles. The molecule has 104 valence electrons. The van der Waals surface area contributed by atoms with Crippen molar-refractivity contribution >= 4 is 26.0 Å². The molecule has 1 aliphatic carbocycles. The summed E-state index contributed by atoms with van der Waals surface area (Å²) in [6.07, 6.45) is 0. The van der Waals surface area contributed by atoms with E-state index in [0.717, 1.165) is 19.2 Å². The molecule has 0 spiro atoms. The van der Waals surface area contributed by atoms with E-state index in [4.69, 9.17) is 0 Å². The Hall–Kier alpha value is -0.570. The highest BCUT2D eigenvalue weighted by Gasteiger charge is 2.54. The van der Waals surface area contributed by atoms with E-state index >= 15 is 0 Å². The molecule has 19 heavy (non-hydrogen) atoms. The number of nitrogens with one attached hydrogen (secondary N) is 2. The number of piperidine rings is 1. The minimum atomic E-state index is -3.98. The van der Waals surface area contributed by atoms with Crippen molar-refractivity contribution in [3.8, 4) is 0 Å². The SMILES string of the molecule is O=S(=O)(NC1C2CNCC21)c1c(F)cc(F)cc1Br. The van der Waals surface area contributed by atoms with Crippen LogP contribution in [0.3, 0.4) is 0 Å². The summed E-state index contributed by atoms with van der Waals surface area (Å²) in [4.78, 5) is -0.535. The van der Waals surface area contributed by atoms with E-state index in [2.05, 4.69) is 26.0 Å². The molecule has 3 rings (SSSR count). The first-order chi connectivity index (χ1) is 8.90. The van der Waals surface area contributed by atoms with E-state index in [9.17, 15) is 17.2 Å². The maximum Gasteiger partial charge on any atom is 0.244 e. The molecular weight excluding hydrogens is 342 g/mol. The van der Waals surface area contributed by atoms with Gasteiger partial charge in [0.2, 0.25) is 10.0 Å². The Kier molecular flexibility index (Phi) is 3.16. The van der Waals surface area contributed by atoms with Crippen LogP contribution in [0.2, 0.25) is 0 Å². The number of fused-ring (bicyclic) bond motifs is 1. The van der Waals surface area contributed by atoms with Crippen LogP contribution in [0.1, 0.15) is 0 Å². The van der Waals surface area contributed by atoms with Crippen LogP contribution in [0, 0.1) is 23.5 Å². The van der Waals surface area contributed by atoms with Gasteiger partial charge >= 0.3 is 0 Å². The van der Waals surface area contributed by atoms with Gasteiger partial charge in [-0.2, -0.15) is 0 Å². The molecule has 1 saturated heterocycles. The summed E-state index contributed by atoms with van der Waals surface area (Å²) in [5, 5.41) is 3.14. The van der Waals surface area contributed by atoms with E-state index in [1.807, 2.05) is 0 Å². The first kappa shape index (κ1) is 13.4. The number of hydrogen-bond acceptors (Lipinski definition) is 3. The quantitative estimate of drug-likeness (QED) is 0.859. The fourth-order valence-electron chi connectivity index (χ4n) is 2.62. The van der Waals surface area contributed by atoms with E-state index in [0.29, 0.717) is 6.07 Å². The van der Waals surface area contributed by atoms with Crippen LogP contribution in [-0.4, -0.2) is 27.5 Å². The number of sulfonamides is 1.